The molecule has 0 aliphatic rings. The van der Waals surface area contributed by atoms with E-state index in [4.69, 9.17) is 0 Å². The number of thiazole rings is 2. The number of aliphatic imine (C=N–C) groups is 1. The number of hydrogen-bond acceptors (Lipinski definition) is 11. The van der Waals surface area contributed by atoms with Gasteiger partial charge in [0.1, 0.15) is 0 Å². The molecule has 2 heterocycles. The van der Waals surface area contributed by atoms with E-state index in [1.807, 2.05) is 24.5 Å². The van der Waals surface area contributed by atoms with Crippen molar-refractivity contribution in [2.75, 3.05) is 6.26 Å². The van der Waals surface area contributed by atoms with Gasteiger partial charge in [-0.25, -0.2) is 9.97 Å². The summed E-state index contributed by atoms with van der Waals surface area (Å²) in [5, 5.41) is 22.8. The van der Waals surface area contributed by atoms with Crippen molar-refractivity contribution in [3.8, 4) is 0 Å². The highest BCUT2D eigenvalue weighted by molar-refractivity contribution is 8.01. The van der Waals surface area contributed by atoms with Crippen LogP contribution in [-0.2, 0) is 0 Å². The molecule has 0 aliphatic carbocycles. The van der Waals surface area contributed by atoms with Crippen LogP contribution >= 0.6 is 46.2 Å². The summed E-state index contributed by atoms with van der Waals surface area (Å²) < 4.78 is 3.22. The average Bonchev–Trinajstić information content (AvgIpc) is 3.45. The van der Waals surface area contributed by atoms with E-state index >= 15 is 0 Å². The topological polar surface area (TPSA) is 124 Å². The van der Waals surface area contributed by atoms with Gasteiger partial charge in [-0.3, -0.25) is 25.2 Å². The number of nitrogens with zero attached hydrogens (tertiary/aromatic N) is 5. The van der Waals surface area contributed by atoms with E-state index in [1.165, 1.54) is 29.5 Å². The van der Waals surface area contributed by atoms with Gasteiger partial charge in [0.25, 0.3) is 11.4 Å². The van der Waals surface area contributed by atoms with Crippen molar-refractivity contribution in [3.05, 3.63) is 80.4 Å². The third kappa shape index (κ3) is 5.03. The van der Waals surface area contributed by atoms with Crippen LogP contribution in [-0.4, -0.2) is 32.3 Å². The molecule has 5 rings (SSSR count). The fourth-order valence-corrected chi connectivity index (χ4v) is 6.86. The van der Waals surface area contributed by atoms with Gasteiger partial charge in [-0.05, 0) is 42.2 Å². The van der Waals surface area contributed by atoms with Crippen LogP contribution in [0.15, 0.2) is 73.2 Å². The van der Waals surface area contributed by atoms with E-state index in [9.17, 15) is 20.2 Å². The van der Waals surface area contributed by atoms with Gasteiger partial charge in [0.15, 0.2) is 8.68 Å². The van der Waals surface area contributed by atoms with Crippen molar-refractivity contribution >= 4 is 89.9 Å². The highest BCUT2D eigenvalue weighted by atomic mass is 32.2. The van der Waals surface area contributed by atoms with Crippen LogP contribution in [0.4, 0.5) is 17.1 Å². The molecule has 0 radical (unpaired) electrons. The van der Waals surface area contributed by atoms with Crippen molar-refractivity contribution in [2.45, 2.75) is 13.6 Å². The summed E-state index contributed by atoms with van der Waals surface area (Å²) in [6.07, 6.45) is 3.57. The molecular weight excluding hydrogens is 527 g/mol. The molecular formula is C22H13N5O4S4. The van der Waals surface area contributed by atoms with Gasteiger partial charge in [-0.2, -0.15) is 0 Å². The largest absolute Gasteiger partial charge is 0.283 e. The smallest absolute Gasteiger partial charge is 0.258 e. The number of hydrogen-bond donors (Lipinski definition) is 0. The van der Waals surface area contributed by atoms with Crippen molar-refractivity contribution in [2.24, 2.45) is 4.99 Å². The number of thioether (sulfide) groups is 1. The Kier molecular flexibility index (Phi) is 6.47. The van der Waals surface area contributed by atoms with E-state index < -0.39 is 9.85 Å². The number of nitro benzene ring substituents is 2. The van der Waals surface area contributed by atoms with E-state index in [2.05, 4.69) is 15.0 Å². The summed E-state index contributed by atoms with van der Waals surface area (Å²) in [6, 6.07) is 15.0. The zero-order chi connectivity index (χ0) is 24.5. The second kappa shape index (κ2) is 9.70. The van der Waals surface area contributed by atoms with Gasteiger partial charge in [0.05, 0.1) is 40.9 Å². The fourth-order valence-electron chi connectivity index (χ4n) is 3.20. The van der Waals surface area contributed by atoms with E-state index in [-0.39, 0.29) is 11.4 Å². The molecule has 2 aromatic heterocycles. The van der Waals surface area contributed by atoms with Crippen LogP contribution in [0.2, 0.25) is 0 Å². The zero-order valence-corrected chi connectivity index (χ0v) is 21.0. The Morgan fingerprint density at radius 1 is 0.886 bits per heavy atom. The molecule has 0 saturated carbocycles. The fraction of sp³-hybridized carbons (Fsp3) is 0.0455. The summed E-state index contributed by atoms with van der Waals surface area (Å²) in [6.45, 7) is 0. The van der Waals surface area contributed by atoms with Crippen LogP contribution in [0, 0.1) is 20.2 Å². The van der Waals surface area contributed by atoms with Crippen molar-refractivity contribution < 1.29 is 9.85 Å². The number of nitro groups is 2. The number of fused-ring (bicyclic) bond motifs is 2. The third-order valence-corrected chi connectivity index (χ3v) is 8.98. The third-order valence-electron chi connectivity index (χ3n) is 4.83. The molecule has 0 aliphatic heterocycles. The van der Waals surface area contributed by atoms with Crippen LogP contribution in [0.5, 0.6) is 0 Å². The van der Waals surface area contributed by atoms with E-state index in [0.717, 1.165) is 32.0 Å². The molecule has 0 bridgehead atoms. The number of rotatable bonds is 7. The van der Waals surface area contributed by atoms with Gasteiger partial charge in [-0.1, -0.05) is 29.6 Å². The Bertz CT molecular complexity index is 1650. The lowest BCUT2D eigenvalue weighted by atomic mass is 10.2. The molecule has 0 saturated heterocycles. The molecule has 0 fully saturated rings. The lowest BCUT2D eigenvalue weighted by Gasteiger charge is -2.02. The normalized spacial score (nSPS) is 11.6. The quantitative estimate of drug-likeness (QED) is 0.0910. The molecule has 0 unspecified atom stereocenters. The molecule has 0 atom stereocenters. The minimum absolute atomic E-state index is 0.0218. The van der Waals surface area contributed by atoms with Gasteiger partial charge >= 0.3 is 0 Å². The maximum Gasteiger partial charge on any atom is 0.283 e. The summed E-state index contributed by atoms with van der Waals surface area (Å²) in [7, 11) is 0. The minimum atomic E-state index is -0.464. The molecule has 0 spiro atoms. The summed E-state index contributed by atoms with van der Waals surface area (Å²) in [5.41, 5.74) is 2.77. The second-order valence-electron chi connectivity index (χ2n) is 7.07. The molecule has 3 aromatic carbocycles. The van der Waals surface area contributed by atoms with Gasteiger partial charge in [-0.15, -0.1) is 22.7 Å². The number of benzene rings is 3. The molecule has 9 nitrogen and oxygen atoms in total. The van der Waals surface area contributed by atoms with Gasteiger partial charge in [0, 0.05) is 24.4 Å². The summed E-state index contributed by atoms with van der Waals surface area (Å²) in [5.74, 6) is 0. The Morgan fingerprint density at radius 3 is 2.34 bits per heavy atom. The first-order valence-electron chi connectivity index (χ1n) is 9.89. The lowest BCUT2D eigenvalue weighted by Crippen LogP contribution is -1.93. The highest BCUT2D eigenvalue weighted by Gasteiger charge is 2.18. The van der Waals surface area contributed by atoms with E-state index in [0.29, 0.717) is 25.0 Å². The van der Waals surface area contributed by atoms with Crippen molar-refractivity contribution in [1.29, 1.82) is 0 Å². The summed E-state index contributed by atoms with van der Waals surface area (Å²) in [4.78, 5) is 35.7. The number of aromatic nitrogens is 2. The molecule has 35 heavy (non-hydrogen) atoms. The second-order valence-corrected chi connectivity index (χ2v) is 11.5. The first kappa shape index (κ1) is 23.4. The van der Waals surface area contributed by atoms with Gasteiger partial charge in [0.2, 0.25) is 0 Å². The molecule has 13 heteroatoms. The maximum absolute atomic E-state index is 11.8. The predicted molar refractivity (Wildman–Crippen MR) is 142 cm³/mol. The molecule has 0 N–H and O–H groups in total. The minimum Gasteiger partial charge on any atom is -0.258 e. The Balaban J connectivity index is 1.40. The van der Waals surface area contributed by atoms with Gasteiger partial charge < -0.3 is 0 Å². The Labute approximate surface area is 214 Å². The Morgan fingerprint density at radius 2 is 1.60 bits per heavy atom. The average molecular weight is 540 g/mol. The molecule has 174 valence electrons. The van der Waals surface area contributed by atoms with Crippen LogP contribution in [0.3, 0.4) is 0 Å². The summed E-state index contributed by atoms with van der Waals surface area (Å²) >= 11 is 5.59. The van der Waals surface area contributed by atoms with E-state index in [1.54, 1.807) is 47.5 Å². The van der Waals surface area contributed by atoms with Crippen LogP contribution in [0.1, 0.15) is 5.56 Å². The maximum atomic E-state index is 11.8. The van der Waals surface area contributed by atoms with Crippen molar-refractivity contribution in [3.63, 3.8) is 0 Å². The lowest BCUT2D eigenvalue weighted by molar-refractivity contribution is -0.387. The van der Waals surface area contributed by atoms with Crippen LogP contribution in [0.25, 0.3) is 20.4 Å². The predicted octanol–water partition coefficient (Wildman–Crippen LogP) is 7.35. The molecule has 5 aromatic rings. The van der Waals surface area contributed by atoms with Crippen LogP contribution < -0.4 is 0 Å². The molecule has 0 amide bonds. The zero-order valence-electron chi connectivity index (χ0n) is 17.8. The first-order valence-corrected chi connectivity index (χ1v) is 13.6. The van der Waals surface area contributed by atoms with Crippen molar-refractivity contribution in [1.82, 2.24) is 9.97 Å². The Hall–Kier alpha value is -3.39. The monoisotopic (exact) mass is 539 g/mol. The standard InChI is InChI=1S/C22H13N5O4S4/c1-32-21-24-15-5-3-13(9-19(15)34-21)23-11-12-2-7-18(17(8-12)27(30)31)33-22-25-16-6-4-14(26(28)29)10-20(16)35-22/h2-11H,1H3. The number of non-ortho nitro benzene ring substituents is 1. The highest BCUT2D eigenvalue weighted by Crippen LogP contribution is 2.39. The SMILES string of the molecule is CSc1nc2ccc(N=Cc3ccc(Sc4nc5ccc([N+](=O)[O-])cc5s4)c([N+](=O)[O-])c3)cc2s1. The first-order chi connectivity index (χ1) is 16.9.